The van der Waals surface area contributed by atoms with Crippen molar-refractivity contribution in [2.45, 2.75) is 95.8 Å². The molecule has 0 aliphatic heterocycles. The Morgan fingerprint density at radius 2 is 1.35 bits per heavy atom. The lowest BCUT2D eigenvalue weighted by atomic mass is 9.78. The zero-order chi connectivity index (χ0) is 31.5. The number of hydrogen-bond acceptors (Lipinski definition) is 6. The monoisotopic (exact) mass is 596 g/mol. The minimum atomic E-state index is -1.46. The van der Waals surface area contributed by atoms with Gasteiger partial charge in [0.15, 0.2) is 0 Å². The molecule has 0 radical (unpaired) electrons. The SMILES string of the molecule is CC(C=O)NCCCCCCCCC[C@@H](Cc1ccccc1)C(Cc1ccccc1)(NC(=O)O)N(NC(=O)O)[C@@H](C)C=O. The van der Waals surface area contributed by atoms with Crippen LogP contribution in [-0.4, -0.2) is 64.3 Å². The fraction of sp³-hybridized carbons (Fsp3) is 0.515. The first kappa shape index (κ1) is 35.4. The van der Waals surface area contributed by atoms with Crippen molar-refractivity contribution in [1.29, 1.82) is 0 Å². The van der Waals surface area contributed by atoms with E-state index in [0.717, 1.165) is 68.9 Å². The van der Waals surface area contributed by atoms with Gasteiger partial charge in [-0.1, -0.05) is 99.2 Å². The van der Waals surface area contributed by atoms with Crippen molar-refractivity contribution in [3.63, 3.8) is 0 Å². The lowest BCUT2D eigenvalue weighted by Gasteiger charge is -2.49. The molecule has 0 bridgehead atoms. The largest absolute Gasteiger partial charge is 0.465 e. The number of hydrazine groups is 1. The highest BCUT2D eigenvalue weighted by atomic mass is 16.4. The Balaban J connectivity index is 2.31. The lowest BCUT2D eigenvalue weighted by Crippen LogP contribution is -2.72. The van der Waals surface area contributed by atoms with Gasteiger partial charge in [0.2, 0.25) is 0 Å². The summed E-state index contributed by atoms with van der Waals surface area (Å²) in [6.07, 6.45) is 7.11. The number of benzene rings is 2. The molecule has 43 heavy (non-hydrogen) atoms. The minimum absolute atomic E-state index is 0.121. The Kier molecular flexibility index (Phi) is 16.0. The van der Waals surface area contributed by atoms with Crippen molar-refractivity contribution in [2.75, 3.05) is 6.54 Å². The van der Waals surface area contributed by atoms with Crippen LogP contribution in [0.25, 0.3) is 0 Å². The first-order valence-electron chi connectivity index (χ1n) is 15.2. The van der Waals surface area contributed by atoms with Crippen LogP contribution in [0.3, 0.4) is 0 Å². The third kappa shape index (κ3) is 12.6. The number of aldehydes is 2. The van der Waals surface area contributed by atoms with E-state index in [4.69, 9.17) is 0 Å². The van der Waals surface area contributed by atoms with Gasteiger partial charge in [0.1, 0.15) is 18.2 Å². The van der Waals surface area contributed by atoms with Gasteiger partial charge in [0.05, 0.1) is 12.1 Å². The quantitative estimate of drug-likeness (QED) is 0.0524. The summed E-state index contributed by atoms with van der Waals surface area (Å²) in [5.74, 6) is -0.383. The maximum absolute atomic E-state index is 12.4. The fourth-order valence-corrected chi connectivity index (χ4v) is 5.64. The second kappa shape index (κ2) is 19.4. The van der Waals surface area contributed by atoms with Crippen LogP contribution >= 0.6 is 0 Å². The van der Waals surface area contributed by atoms with Crippen molar-refractivity contribution < 1.29 is 29.4 Å². The Bertz CT molecular complexity index is 1100. The summed E-state index contributed by atoms with van der Waals surface area (Å²) in [6.45, 7) is 4.22. The first-order valence-corrected chi connectivity index (χ1v) is 15.2. The summed E-state index contributed by atoms with van der Waals surface area (Å²) in [5.41, 5.74) is 2.71. The van der Waals surface area contributed by atoms with Crippen LogP contribution in [0.5, 0.6) is 0 Å². The third-order valence-electron chi connectivity index (χ3n) is 7.79. The van der Waals surface area contributed by atoms with Gasteiger partial charge in [-0.2, -0.15) is 5.01 Å². The molecule has 0 spiro atoms. The van der Waals surface area contributed by atoms with Crippen LogP contribution in [0.4, 0.5) is 9.59 Å². The molecular weight excluding hydrogens is 548 g/mol. The number of hydrogen-bond donors (Lipinski definition) is 5. The highest BCUT2D eigenvalue weighted by Crippen LogP contribution is 2.34. The molecule has 0 aromatic heterocycles. The van der Waals surface area contributed by atoms with E-state index in [2.05, 4.69) is 16.1 Å². The number of nitrogens with zero attached hydrogens (tertiary/aromatic N) is 1. The van der Waals surface area contributed by atoms with Crippen molar-refractivity contribution in [1.82, 2.24) is 21.1 Å². The Morgan fingerprint density at radius 1 is 0.791 bits per heavy atom. The normalized spacial score (nSPS) is 14.7. The standard InChI is InChI=1S/C33H48N4O6/c1-26(24-38)34-21-15-7-5-3-4-6-14-20-30(22-28-16-10-8-11-17-28)33(35-31(40)41,23-29-18-12-9-13-19-29)37(27(2)25-39)36-32(42)43/h8-13,16-19,24-27,30,34-36H,3-7,14-15,20-23H2,1-2H3,(H,40,41)(H,42,43)/t26?,27-,30-,33?/m0/s1. The van der Waals surface area contributed by atoms with Crippen LogP contribution in [0.15, 0.2) is 60.7 Å². The van der Waals surface area contributed by atoms with Gasteiger partial charge >= 0.3 is 12.2 Å². The third-order valence-corrected chi connectivity index (χ3v) is 7.79. The van der Waals surface area contributed by atoms with Crippen LogP contribution in [0, 0.1) is 5.92 Å². The molecule has 2 unspecified atom stereocenters. The zero-order valence-corrected chi connectivity index (χ0v) is 25.4. The van der Waals surface area contributed by atoms with Crippen molar-refractivity contribution in [3.8, 4) is 0 Å². The summed E-state index contributed by atoms with van der Waals surface area (Å²) in [6, 6.07) is 18.0. The van der Waals surface area contributed by atoms with Gasteiger partial charge in [-0.25, -0.2) is 9.59 Å². The van der Waals surface area contributed by atoms with E-state index in [9.17, 15) is 29.4 Å². The van der Waals surface area contributed by atoms with Crippen molar-refractivity contribution in [3.05, 3.63) is 71.8 Å². The number of nitrogens with one attached hydrogen (secondary N) is 3. The zero-order valence-electron chi connectivity index (χ0n) is 25.4. The molecule has 0 saturated heterocycles. The molecule has 0 heterocycles. The highest BCUT2D eigenvalue weighted by Gasteiger charge is 2.48. The molecule has 0 aliphatic carbocycles. The number of carboxylic acid groups (broad SMARTS) is 2. The van der Waals surface area contributed by atoms with Crippen molar-refractivity contribution in [2.24, 2.45) is 5.92 Å². The predicted octanol–water partition coefficient (Wildman–Crippen LogP) is 5.42. The average Bonchev–Trinajstić information content (AvgIpc) is 3.00. The molecule has 10 heteroatoms. The number of carbonyl (C=O) groups is 4. The van der Waals surface area contributed by atoms with E-state index in [1.54, 1.807) is 6.92 Å². The molecule has 10 nitrogen and oxygen atoms in total. The molecule has 0 fully saturated rings. The van der Waals surface area contributed by atoms with E-state index >= 15 is 0 Å². The maximum atomic E-state index is 12.4. The van der Waals surface area contributed by atoms with E-state index in [0.29, 0.717) is 19.1 Å². The number of unbranched alkanes of at least 4 members (excludes halogenated alkanes) is 6. The number of amides is 2. The van der Waals surface area contributed by atoms with E-state index in [1.807, 2.05) is 67.6 Å². The predicted molar refractivity (Wildman–Crippen MR) is 167 cm³/mol. The van der Waals surface area contributed by atoms with Crippen LogP contribution < -0.4 is 16.1 Å². The topological polar surface area (TPSA) is 148 Å². The van der Waals surface area contributed by atoms with Gasteiger partial charge in [-0.05, 0) is 50.8 Å². The van der Waals surface area contributed by atoms with Gasteiger partial charge in [0.25, 0.3) is 0 Å². The Labute approximate surface area is 255 Å². The smallest absolute Gasteiger partial charge is 0.419 e. The van der Waals surface area contributed by atoms with E-state index < -0.39 is 23.9 Å². The van der Waals surface area contributed by atoms with Gasteiger partial charge in [-0.15, -0.1) is 0 Å². The molecule has 0 aliphatic rings. The maximum Gasteiger partial charge on any atom is 0.419 e. The van der Waals surface area contributed by atoms with Crippen molar-refractivity contribution >= 4 is 24.8 Å². The summed E-state index contributed by atoms with van der Waals surface area (Å²) in [5, 5.41) is 27.1. The number of carbonyl (C=O) groups excluding carboxylic acids is 2. The Hall–Kier alpha value is -3.76. The number of rotatable bonds is 22. The summed E-state index contributed by atoms with van der Waals surface area (Å²) in [7, 11) is 0. The lowest BCUT2D eigenvalue weighted by molar-refractivity contribution is -0.121. The molecule has 5 N–H and O–H groups in total. The Morgan fingerprint density at radius 3 is 1.88 bits per heavy atom. The molecule has 236 valence electrons. The minimum Gasteiger partial charge on any atom is -0.465 e. The van der Waals surface area contributed by atoms with Gasteiger partial charge < -0.3 is 30.4 Å². The van der Waals surface area contributed by atoms with Crippen LogP contribution in [-0.2, 0) is 22.4 Å². The molecular formula is C33H48N4O6. The second-order valence-corrected chi connectivity index (χ2v) is 11.2. The average molecular weight is 597 g/mol. The molecule has 0 saturated carbocycles. The fourth-order valence-electron chi connectivity index (χ4n) is 5.64. The van der Waals surface area contributed by atoms with E-state index in [-0.39, 0.29) is 18.4 Å². The molecule has 4 atom stereocenters. The first-order chi connectivity index (χ1) is 20.7. The molecule has 2 rings (SSSR count). The van der Waals surface area contributed by atoms with Crippen LogP contribution in [0.1, 0.15) is 76.3 Å². The molecule has 2 aromatic rings. The molecule has 2 aromatic carbocycles. The van der Waals surface area contributed by atoms with Gasteiger partial charge in [0, 0.05) is 12.3 Å². The van der Waals surface area contributed by atoms with E-state index in [1.165, 1.54) is 5.01 Å². The molecule has 2 amide bonds. The summed E-state index contributed by atoms with van der Waals surface area (Å²) in [4.78, 5) is 47.2. The van der Waals surface area contributed by atoms with Gasteiger partial charge in [-0.3, -0.25) is 5.43 Å². The van der Waals surface area contributed by atoms with Crippen LogP contribution in [0.2, 0.25) is 0 Å². The summed E-state index contributed by atoms with van der Waals surface area (Å²) >= 11 is 0. The summed E-state index contributed by atoms with van der Waals surface area (Å²) < 4.78 is 0. The highest BCUT2D eigenvalue weighted by molar-refractivity contribution is 5.68. The second-order valence-electron chi connectivity index (χ2n) is 11.2.